The van der Waals surface area contributed by atoms with E-state index in [1.54, 1.807) is 4.90 Å². The number of aromatic nitrogens is 1. The molecule has 1 aliphatic rings. The molecule has 0 bridgehead atoms. The van der Waals surface area contributed by atoms with Crippen LogP contribution >= 0.6 is 23.1 Å². The predicted octanol–water partition coefficient (Wildman–Crippen LogP) is 4.86. The maximum atomic E-state index is 13.4. The van der Waals surface area contributed by atoms with Gasteiger partial charge in [-0.2, -0.15) is 4.37 Å². The number of halogens is 1. The Labute approximate surface area is 181 Å². The van der Waals surface area contributed by atoms with Gasteiger partial charge in [-0.3, -0.25) is 9.59 Å². The van der Waals surface area contributed by atoms with Gasteiger partial charge in [-0.1, -0.05) is 51.4 Å². The molecule has 2 heterocycles. The van der Waals surface area contributed by atoms with Crippen molar-refractivity contribution in [1.29, 1.82) is 0 Å². The first-order valence-electron chi connectivity index (χ1n) is 10.1. The predicted molar refractivity (Wildman–Crippen MR) is 118 cm³/mol. The van der Waals surface area contributed by atoms with Crippen LogP contribution in [0.2, 0.25) is 5.02 Å². The van der Waals surface area contributed by atoms with Crippen LogP contribution in [0.25, 0.3) is 11.3 Å². The summed E-state index contributed by atoms with van der Waals surface area (Å²) < 4.78 is 4.45. The molecule has 1 aromatic heterocycles. The van der Waals surface area contributed by atoms with Crippen molar-refractivity contribution in [3.63, 3.8) is 0 Å². The van der Waals surface area contributed by atoms with Crippen LogP contribution in [-0.4, -0.2) is 39.7 Å². The number of amides is 2. The first-order valence-corrected chi connectivity index (χ1v) is 11.2. The number of nitrogens with zero attached hydrogens (tertiary/aromatic N) is 2. The Morgan fingerprint density at radius 3 is 2.48 bits per heavy atom. The highest BCUT2D eigenvalue weighted by Gasteiger charge is 2.38. The Hall–Kier alpha value is -1.92. The zero-order chi connectivity index (χ0) is 21.1. The molecule has 2 aromatic rings. The molecule has 2 amide bonds. The van der Waals surface area contributed by atoms with Crippen molar-refractivity contribution >= 4 is 34.9 Å². The summed E-state index contributed by atoms with van der Waals surface area (Å²) in [7, 11) is 0. The Balaban J connectivity index is 1.85. The van der Waals surface area contributed by atoms with E-state index in [9.17, 15) is 9.59 Å². The van der Waals surface area contributed by atoms with E-state index in [2.05, 4.69) is 37.4 Å². The van der Waals surface area contributed by atoms with Gasteiger partial charge in [-0.15, -0.1) is 0 Å². The number of hydrogen-bond acceptors (Lipinski definition) is 4. The highest BCUT2D eigenvalue weighted by Crippen LogP contribution is 2.27. The molecule has 1 N–H and O–H groups in total. The van der Waals surface area contributed by atoms with Gasteiger partial charge in [0.1, 0.15) is 10.9 Å². The van der Waals surface area contributed by atoms with Crippen molar-refractivity contribution in [2.24, 2.45) is 11.8 Å². The van der Waals surface area contributed by atoms with Gasteiger partial charge in [-0.05, 0) is 54.4 Å². The summed E-state index contributed by atoms with van der Waals surface area (Å²) >= 11 is 7.14. The second-order valence-electron chi connectivity index (χ2n) is 8.52. The van der Waals surface area contributed by atoms with Crippen LogP contribution < -0.4 is 5.32 Å². The van der Waals surface area contributed by atoms with Crippen molar-refractivity contribution in [3.8, 4) is 11.3 Å². The molecule has 3 rings (SSSR count). The number of benzene rings is 1. The Kier molecular flexibility index (Phi) is 6.96. The number of hydrogen-bond donors (Lipinski definition) is 1. The number of carbonyl (C=O) groups is 2. The van der Waals surface area contributed by atoms with Crippen LogP contribution in [0.3, 0.4) is 0 Å². The molecule has 1 fully saturated rings. The van der Waals surface area contributed by atoms with Crippen molar-refractivity contribution < 1.29 is 9.59 Å². The Morgan fingerprint density at radius 2 is 1.86 bits per heavy atom. The van der Waals surface area contributed by atoms with Gasteiger partial charge in [0.2, 0.25) is 5.91 Å². The van der Waals surface area contributed by atoms with Gasteiger partial charge < -0.3 is 10.2 Å². The molecule has 7 heteroatoms. The average molecular weight is 434 g/mol. The summed E-state index contributed by atoms with van der Waals surface area (Å²) in [6.07, 6.45) is 1.50. The number of carbonyl (C=O) groups excluding carboxylic acids is 2. The maximum absolute atomic E-state index is 13.4. The van der Waals surface area contributed by atoms with E-state index in [1.807, 2.05) is 30.3 Å². The quantitative estimate of drug-likeness (QED) is 0.707. The molecule has 0 radical (unpaired) electrons. The Bertz CT molecular complexity index is 863. The van der Waals surface area contributed by atoms with Gasteiger partial charge in [0.15, 0.2) is 0 Å². The molecule has 2 atom stereocenters. The fourth-order valence-electron chi connectivity index (χ4n) is 3.73. The maximum Gasteiger partial charge on any atom is 0.266 e. The largest absolute Gasteiger partial charge is 0.350 e. The summed E-state index contributed by atoms with van der Waals surface area (Å²) in [5.74, 6) is 0.593. The number of piperazine rings is 1. The minimum absolute atomic E-state index is 0.0153. The molecule has 156 valence electrons. The minimum Gasteiger partial charge on any atom is -0.350 e. The van der Waals surface area contributed by atoms with Gasteiger partial charge in [-0.25, -0.2) is 0 Å². The summed E-state index contributed by atoms with van der Waals surface area (Å²) in [5, 5.41) is 3.78. The zero-order valence-electron chi connectivity index (χ0n) is 17.3. The van der Waals surface area contributed by atoms with Crippen molar-refractivity contribution in [3.05, 3.63) is 40.2 Å². The van der Waals surface area contributed by atoms with Crippen molar-refractivity contribution in [2.45, 2.75) is 52.6 Å². The normalized spacial score (nSPS) is 19.7. The highest BCUT2D eigenvalue weighted by molar-refractivity contribution is 7.08. The fraction of sp³-hybridized carbons (Fsp3) is 0.500. The van der Waals surface area contributed by atoms with E-state index in [0.29, 0.717) is 34.7 Å². The summed E-state index contributed by atoms with van der Waals surface area (Å²) in [5.41, 5.74) is 1.66. The third-order valence-electron chi connectivity index (χ3n) is 5.01. The molecule has 0 unspecified atom stereocenters. The van der Waals surface area contributed by atoms with Crippen molar-refractivity contribution in [2.75, 3.05) is 6.54 Å². The third-order valence-corrected chi connectivity index (χ3v) is 6.04. The van der Waals surface area contributed by atoms with Crippen LogP contribution in [0.5, 0.6) is 0 Å². The lowest BCUT2D eigenvalue weighted by molar-refractivity contribution is -0.130. The van der Waals surface area contributed by atoms with Crippen LogP contribution in [0.15, 0.2) is 30.3 Å². The third kappa shape index (κ3) is 5.37. The Morgan fingerprint density at radius 1 is 1.21 bits per heavy atom. The van der Waals surface area contributed by atoms with Crippen molar-refractivity contribution in [1.82, 2.24) is 14.6 Å². The standard InChI is InChI=1S/C22H28ClN3O2S/c1-13(2)9-17-12-26(19(10-14(3)4)21(27)24-17)22(28)20-11-18(25-29-20)15-5-7-16(23)8-6-15/h5-8,11,13-14,17,19H,9-10,12H2,1-4H3,(H,24,27)/t17-,19-/m0/s1. The monoisotopic (exact) mass is 433 g/mol. The summed E-state index contributed by atoms with van der Waals surface area (Å²) in [4.78, 5) is 28.5. The van der Waals surface area contributed by atoms with E-state index in [4.69, 9.17) is 11.6 Å². The second kappa shape index (κ2) is 9.26. The lowest BCUT2D eigenvalue weighted by Crippen LogP contribution is -2.62. The highest BCUT2D eigenvalue weighted by atomic mass is 35.5. The summed E-state index contributed by atoms with van der Waals surface area (Å²) in [6, 6.07) is 8.75. The molecule has 1 saturated heterocycles. The van der Waals surface area contributed by atoms with Crippen LogP contribution in [-0.2, 0) is 4.79 Å². The molecule has 0 spiro atoms. The smallest absolute Gasteiger partial charge is 0.266 e. The SMILES string of the molecule is CC(C)C[C@H]1CN(C(=O)c2cc(-c3ccc(Cl)cc3)ns2)[C@@H](CC(C)C)C(=O)N1. The minimum atomic E-state index is -0.438. The van der Waals surface area contributed by atoms with Gasteiger partial charge >= 0.3 is 0 Å². The van der Waals surface area contributed by atoms with E-state index < -0.39 is 6.04 Å². The van der Waals surface area contributed by atoms with E-state index in [-0.39, 0.29) is 17.9 Å². The van der Waals surface area contributed by atoms with Crippen LogP contribution in [0, 0.1) is 11.8 Å². The number of nitrogens with one attached hydrogen (secondary N) is 1. The molecular weight excluding hydrogens is 406 g/mol. The molecule has 0 saturated carbocycles. The first-order chi connectivity index (χ1) is 13.7. The second-order valence-corrected chi connectivity index (χ2v) is 9.76. The fourth-order valence-corrected chi connectivity index (χ4v) is 4.57. The molecule has 0 aliphatic carbocycles. The summed E-state index contributed by atoms with van der Waals surface area (Å²) in [6.45, 7) is 8.93. The van der Waals surface area contributed by atoms with E-state index in [1.165, 1.54) is 11.5 Å². The lowest BCUT2D eigenvalue weighted by atomic mass is 9.95. The number of rotatable bonds is 6. The lowest BCUT2D eigenvalue weighted by Gasteiger charge is -2.40. The van der Waals surface area contributed by atoms with Gasteiger partial charge in [0.25, 0.3) is 5.91 Å². The first kappa shape index (κ1) is 21.8. The molecule has 1 aliphatic heterocycles. The molecule has 29 heavy (non-hydrogen) atoms. The van der Waals surface area contributed by atoms with E-state index >= 15 is 0 Å². The zero-order valence-corrected chi connectivity index (χ0v) is 18.9. The van der Waals surface area contributed by atoms with Gasteiger partial charge in [0, 0.05) is 23.2 Å². The van der Waals surface area contributed by atoms with Crippen LogP contribution in [0.1, 0.15) is 50.2 Å². The van der Waals surface area contributed by atoms with E-state index in [0.717, 1.165) is 17.7 Å². The molecule has 1 aromatic carbocycles. The topological polar surface area (TPSA) is 62.3 Å². The van der Waals surface area contributed by atoms with Crippen LogP contribution in [0.4, 0.5) is 0 Å². The molecular formula is C22H28ClN3O2S. The average Bonchev–Trinajstić information content (AvgIpc) is 3.13. The molecule has 5 nitrogen and oxygen atoms in total. The van der Waals surface area contributed by atoms with Gasteiger partial charge in [0.05, 0.1) is 5.69 Å².